The number of methoxy groups -OCH3 is 1. The highest BCUT2D eigenvalue weighted by Gasteiger charge is 2.35. The van der Waals surface area contributed by atoms with Gasteiger partial charge in [-0.25, -0.2) is 0 Å². The zero-order valence-electron chi connectivity index (χ0n) is 14.5. The van der Waals surface area contributed by atoms with Gasteiger partial charge in [-0.2, -0.15) is 0 Å². The van der Waals surface area contributed by atoms with Gasteiger partial charge < -0.3 is 24.4 Å². The number of anilines is 2. The highest BCUT2D eigenvalue weighted by Crippen LogP contribution is 2.37. The van der Waals surface area contributed by atoms with Crippen molar-refractivity contribution in [2.75, 3.05) is 30.7 Å². The van der Waals surface area contributed by atoms with Crippen LogP contribution in [0.1, 0.15) is 6.42 Å². The monoisotopic (exact) mass is 388 g/mol. The summed E-state index contributed by atoms with van der Waals surface area (Å²) in [6.07, 6.45) is 0.143. The van der Waals surface area contributed by atoms with E-state index in [4.69, 9.17) is 25.8 Å². The first-order valence-corrected chi connectivity index (χ1v) is 8.77. The van der Waals surface area contributed by atoms with Crippen LogP contribution in [-0.4, -0.2) is 32.3 Å². The molecule has 2 aliphatic heterocycles. The summed E-state index contributed by atoms with van der Waals surface area (Å²) < 4.78 is 15.7. The first-order chi connectivity index (χ1) is 13.0. The van der Waals surface area contributed by atoms with Gasteiger partial charge in [0.15, 0.2) is 11.5 Å². The van der Waals surface area contributed by atoms with Crippen LogP contribution in [0.25, 0.3) is 0 Å². The maximum atomic E-state index is 12.6. The number of fused-ring (bicyclic) bond motifs is 1. The predicted octanol–water partition coefficient (Wildman–Crippen LogP) is 3.07. The molecule has 0 saturated carbocycles. The average Bonchev–Trinajstić information content (AvgIpc) is 3.27. The molecule has 1 unspecified atom stereocenters. The number of nitrogens with one attached hydrogen (secondary N) is 1. The van der Waals surface area contributed by atoms with Crippen molar-refractivity contribution >= 4 is 34.8 Å². The quantitative estimate of drug-likeness (QED) is 0.871. The fourth-order valence-electron chi connectivity index (χ4n) is 3.17. The lowest BCUT2D eigenvalue weighted by Gasteiger charge is -2.17. The summed E-state index contributed by atoms with van der Waals surface area (Å²) in [4.78, 5) is 26.6. The van der Waals surface area contributed by atoms with Crippen molar-refractivity contribution in [1.29, 1.82) is 0 Å². The Kier molecular flexibility index (Phi) is 4.53. The minimum Gasteiger partial charge on any atom is -0.495 e. The number of amides is 2. The van der Waals surface area contributed by atoms with E-state index in [0.29, 0.717) is 40.2 Å². The van der Waals surface area contributed by atoms with Crippen molar-refractivity contribution in [3.63, 3.8) is 0 Å². The van der Waals surface area contributed by atoms with Gasteiger partial charge in [0, 0.05) is 30.4 Å². The van der Waals surface area contributed by atoms with Gasteiger partial charge in [-0.1, -0.05) is 11.6 Å². The largest absolute Gasteiger partial charge is 0.495 e. The van der Waals surface area contributed by atoms with Gasteiger partial charge in [-0.05, 0) is 30.3 Å². The van der Waals surface area contributed by atoms with Gasteiger partial charge in [0.25, 0.3) is 0 Å². The molecule has 1 N–H and O–H groups in total. The Hall–Kier alpha value is -2.93. The van der Waals surface area contributed by atoms with Crippen LogP contribution in [0.4, 0.5) is 11.4 Å². The van der Waals surface area contributed by atoms with Crippen LogP contribution in [-0.2, 0) is 9.59 Å². The van der Waals surface area contributed by atoms with Crippen LogP contribution in [0.15, 0.2) is 36.4 Å². The zero-order valence-corrected chi connectivity index (χ0v) is 15.3. The summed E-state index contributed by atoms with van der Waals surface area (Å²) in [7, 11) is 1.52. The lowest BCUT2D eigenvalue weighted by atomic mass is 10.1. The summed E-state index contributed by atoms with van der Waals surface area (Å²) >= 11 is 6.08. The average molecular weight is 389 g/mol. The van der Waals surface area contributed by atoms with Crippen LogP contribution in [0.3, 0.4) is 0 Å². The molecule has 7 nitrogen and oxygen atoms in total. The summed E-state index contributed by atoms with van der Waals surface area (Å²) in [5, 5.41) is 3.21. The first kappa shape index (κ1) is 17.5. The Morgan fingerprint density at radius 2 is 2.04 bits per heavy atom. The van der Waals surface area contributed by atoms with Crippen LogP contribution < -0.4 is 24.4 Å². The number of carbonyl (C=O) groups is 2. The second-order valence-electron chi connectivity index (χ2n) is 6.28. The predicted molar refractivity (Wildman–Crippen MR) is 99.7 cm³/mol. The van der Waals surface area contributed by atoms with E-state index >= 15 is 0 Å². The number of hydrogen-bond acceptors (Lipinski definition) is 5. The molecule has 1 atom stereocenters. The molecule has 0 spiro atoms. The Balaban J connectivity index is 1.45. The molecule has 0 bridgehead atoms. The molecule has 1 saturated heterocycles. The van der Waals surface area contributed by atoms with E-state index < -0.39 is 5.92 Å². The van der Waals surface area contributed by atoms with E-state index in [1.54, 1.807) is 41.3 Å². The Morgan fingerprint density at radius 3 is 2.81 bits per heavy atom. The molecule has 2 aliphatic rings. The van der Waals surface area contributed by atoms with E-state index in [1.165, 1.54) is 7.11 Å². The van der Waals surface area contributed by atoms with E-state index in [2.05, 4.69) is 5.32 Å². The molecule has 0 aromatic heterocycles. The van der Waals surface area contributed by atoms with Gasteiger partial charge in [0.05, 0.1) is 18.1 Å². The van der Waals surface area contributed by atoms with Crippen molar-refractivity contribution in [3.05, 3.63) is 41.4 Å². The number of benzene rings is 2. The van der Waals surface area contributed by atoms with E-state index in [-0.39, 0.29) is 25.0 Å². The van der Waals surface area contributed by atoms with Crippen molar-refractivity contribution < 1.29 is 23.8 Å². The maximum Gasteiger partial charge on any atom is 0.231 e. The molecule has 4 rings (SSSR count). The molecule has 140 valence electrons. The van der Waals surface area contributed by atoms with Crippen LogP contribution >= 0.6 is 11.6 Å². The fourth-order valence-corrected chi connectivity index (χ4v) is 3.43. The number of carbonyl (C=O) groups excluding carboxylic acids is 2. The number of halogens is 1. The molecule has 2 amide bonds. The topological polar surface area (TPSA) is 77.1 Å². The molecule has 2 aromatic carbocycles. The standard InChI is InChI=1S/C19H17ClN2O5/c1-25-15-4-2-12(7-14(15)20)21-19(24)11-6-18(23)22(9-11)13-3-5-16-17(8-13)27-10-26-16/h2-5,7-8,11H,6,9-10H2,1H3,(H,21,24). The molecular weight excluding hydrogens is 372 g/mol. The van der Waals surface area contributed by atoms with Gasteiger partial charge in [0.1, 0.15) is 5.75 Å². The minimum absolute atomic E-state index is 0.109. The minimum atomic E-state index is -0.455. The summed E-state index contributed by atoms with van der Waals surface area (Å²) in [6.45, 7) is 0.469. The third-order valence-corrected chi connectivity index (χ3v) is 4.88. The van der Waals surface area contributed by atoms with Gasteiger partial charge in [-0.3, -0.25) is 9.59 Å². The van der Waals surface area contributed by atoms with Crippen LogP contribution in [0, 0.1) is 5.92 Å². The lowest BCUT2D eigenvalue weighted by molar-refractivity contribution is -0.122. The van der Waals surface area contributed by atoms with Crippen LogP contribution in [0.2, 0.25) is 5.02 Å². The number of nitrogens with zero attached hydrogens (tertiary/aromatic N) is 1. The Bertz CT molecular complexity index is 917. The second-order valence-corrected chi connectivity index (χ2v) is 6.69. The fraction of sp³-hybridized carbons (Fsp3) is 0.263. The molecule has 8 heteroatoms. The van der Waals surface area contributed by atoms with Gasteiger partial charge >= 0.3 is 0 Å². The van der Waals surface area contributed by atoms with Crippen molar-refractivity contribution in [2.24, 2.45) is 5.92 Å². The lowest BCUT2D eigenvalue weighted by Crippen LogP contribution is -2.28. The molecule has 2 aromatic rings. The number of rotatable bonds is 4. The van der Waals surface area contributed by atoms with E-state index in [0.717, 1.165) is 0 Å². The highest BCUT2D eigenvalue weighted by molar-refractivity contribution is 6.32. The van der Waals surface area contributed by atoms with Crippen molar-refractivity contribution in [3.8, 4) is 17.2 Å². The van der Waals surface area contributed by atoms with Gasteiger partial charge in [0.2, 0.25) is 18.6 Å². The summed E-state index contributed by atoms with van der Waals surface area (Å²) in [5.41, 5.74) is 1.24. The molecule has 0 aliphatic carbocycles. The first-order valence-electron chi connectivity index (χ1n) is 8.39. The zero-order chi connectivity index (χ0) is 19.0. The van der Waals surface area contributed by atoms with Gasteiger partial charge in [-0.15, -0.1) is 0 Å². The Labute approximate surface area is 160 Å². The van der Waals surface area contributed by atoms with Crippen molar-refractivity contribution in [2.45, 2.75) is 6.42 Å². The van der Waals surface area contributed by atoms with Crippen LogP contribution in [0.5, 0.6) is 17.2 Å². The van der Waals surface area contributed by atoms with E-state index in [1.807, 2.05) is 0 Å². The third kappa shape index (κ3) is 3.38. The summed E-state index contributed by atoms with van der Waals surface area (Å²) in [5.74, 6) is 0.982. The van der Waals surface area contributed by atoms with E-state index in [9.17, 15) is 9.59 Å². The third-order valence-electron chi connectivity index (χ3n) is 4.58. The van der Waals surface area contributed by atoms with Crippen molar-refractivity contribution in [1.82, 2.24) is 0 Å². The molecular formula is C19H17ClN2O5. The summed E-state index contributed by atoms with van der Waals surface area (Å²) in [6, 6.07) is 10.3. The molecule has 0 radical (unpaired) electrons. The Morgan fingerprint density at radius 1 is 1.22 bits per heavy atom. The maximum absolute atomic E-state index is 12.6. The normalized spacial score (nSPS) is 17.9. The highest BCUT2D eigenvalue weighted by atomic mass is 35.5. The molecule has 1 fully saturated rings. The molecule has 27 heavy (non-hydrogen) atoms. The molecule has 2 heterocycles. The SMILES string of the molecule is COc1ccc(NC(=O)C2CC(=O)N(c3ccc4c(c3)OCO4)C2)cc1Cl. The number of ether oxygens (including phenoxy) is 3. The second kappa shape index (κ2) is 7.00. The number of hydrogen-bond donors (Lipinski definition) is 1. The smallest absolute Gasteiger partial charge is 0.231 e.